The Morgan fingerprint density at radius 1 is 1.00 bits per heavy atom. The van der Waals surface area contributed by atoms with Gasteiger partial charge in [0.15, 0.2) is 0 Å². The lowest BCUT2D eigenvalue weighted by Crippen LogP contribution is -2.42. The number of hydrogen-bond acceptors (Lipinski definition) is 1. The molecule has 0 spiro atoms. The van der Waals surface area contributed by atoms with Gasteiger partial charge in [0, 0.05) is 6.04 Å². The maximum Gasteiger partial charge on any atom is 0.0129 e. The molecule has 3 rings (SSSR count). The van der Waals surface area contributed by atoms with E-state index in [1.54, 1.807) is 0 Å². The van der Waals surface area contributed by atoms with Crippen molar-refractivity contribution in [1.29, 1.82) is 0 Å². The summed E-state index contributed by atoms with van der Waals surface area (Å²) < 4.78 is 0. The largest absolute Gasteiger partial charge is 0.316 e. The van der Waals surface area contributed by atoms with Crippen molar-refractivity contribution in [2.75, 3.05) is 7.05 Å². The molecule has 1 N–H and O–H groups in total. The van der Waals surface area contributed by atoms with E-state index in [-0.39, 0.29) is 0 Å². The molecule has 1 heteroatoms. The molecule has 0 saturated heterocycles. The van der Waals surface area contributed by atoms with E-state index in [1.165, 1.54) is 51.4 Å². The van der Waals surface area contributed by atoms with Crippen LogP contribution in [0, 0.1) is 29.6 Å². The average Bonchev–Trinajstić information content (AvgIpc) is 2.85. The topological polar surface area (TPSA) is 12.0 Å². The van der Waals surface area contributed by atoms with Crippen molar-refractivity contribution >= 4 is 0 Å². The Hall–Kier alpha value is -0.0400. The molecule has 3 saturated carbocycles. The van der Waals surface area contributed by atoms with Gasteiger partial charge in [-0.2, -0.15) is 0 Å². The Kier molecular flexibility index (Phi) is 3.47. The fraction of sp³-hybridized carbons (Fsp3) is 1.00. The number of hydrogen-bond donors (Lipinski definition) is 1. The van der Waals surface area contributed by atoms with E-state index in [0.29, 0.717) is 0 Å². The van der Waals surface area contributed by atoms with E-state index < -0.39 is 0 Å². The molecule has 1 nitrogen and oxygen atoms in total. The van der Waals surface area contributed by atoms with Crippen LogP contribution in [0.4, 0.5) is 0 Å². The normalized spacial score (nSPS) is 46.6. The Morgan fingerprint density at radius 2 is 1.71 bits per heavy atom. The predicted octanol–water partition coefficient (Wildman–Crippen LogP) is 3.84. The molecule has 0 amide bonds. The van der Waals surface area contributed by atoms with Crippen molar-refractivity contribution in [3.8, 4) is 0 Å². The summed E-state index contributed by atoms with van der Waals surface area (Å²) in [7, 11) is 2.22. The summed E-state index contributed by atoms with van der Waals surface area (Å²) in [6.45, 7) is 2.41. The molecule has 98 valence electrons. The van der Waals surface area contributed by atoms with Crippen LogP contribution in [0.1, 0.15) is 58.3 Å². The van der Waals surface area contributed by atoms with Gasteiger partial charge in [-0.05, 0) is 55.9 Å². The zero-order chi connectivity index (χ0) is 11.8. The van der Waals surface area contributed by atoms with Crippen molar-refractivity contribution in [2.45, 2.75) is 64.3 Å². The molecule has 3 fully saturated rings. The first-order chi connectivity index (χ1) is 8.36. The van der Waals surface area contributed by atoms with Crippen LogP contribution in [-0.2, 0) is 0 Å². The van der Waals surface area contributed by atoms with Gasteiger partial charge in [0.2, 0.25) is 0 Å². The molecule has 0 aromatic rings. The third kappa shape index (κ3) is 2.05. The molecule has 0 aromatic carbocycles. The average molecular weight is 235 g/mol. The molecule has 17 heavy (non-hydrogen) atoms. The van der Waals surface area contributed by atoms with Crippen molar-refractivity contribution in [2.24, 2.45) is 29.6 Å². The van der Waals surface area contributed by atoms with Crippen molar-refractivity contribution in [3.63, 3.8) is 0 Å². The van der Waals surface area contributed by atoms with Crippen LogP contribution in [0.25, 0.3) is 0 Å². The highest BCUT2D eigenvalue weighted by Crippen LogP contribution is 2.61. The molecule has 5 unspecified atom stereocenters. The third-order valence-electron chi connectivity index (χ3n) is 6.17. The lowest BCUT2D eigenvalue weighted by Gasteiger charge is -2.37. The number of fused-ring (bicyclic) bond motifs is 1. The van der Waals surface area contributed by atoms with E-state index in [4.69, 9.17) is 0 Å². The minimum atomic E-state index is 0.857. The second-order valence-corrected chi connectivity index (χ2v) is 6.77. The van der Waals surface area contributed by atoms with Gasteiger partial charge in [-0.1, -0.05) is 39.0 Å². The first-order valence-corrected chi connectivity index (χ1v) is 8.04. The van der Waals surface area contributed by atoms with Crippen LogP contribution >= 0.6 is 0 Å². The van der Waals surface area contributed by atoms with Crippen LogP contribution in [0.15, 0.2) is 0 Å². The summed E-state index contributed by atoms with van der Waals surface area (Å²) in [4.78, 5) is 0. The Morgan fingerprint density at radius 3 is 2.35 bits per heavy atom. The van der Waals surface area contributed by atoms with Crippen LogP contribution in [0.5, 0.6) is 0 Å². The first kappa shape index (κ1) is 12.0. The standard InChI is InChI=1S/C16H29N/c1-3-11-7-4-5-8-12(11)16(17-2)15-13-9-6-10-14(13)15/h11-17H,3-10H2,1-2H3. The third-order valence-corrected chi connectivity index (χ3v) is 6.17. The molecule has 3 aliphatic rings. The maximum absolute atomic E-state index is 3.73. The summed E-state index contributed by atoms with van der Waals surface area (Å²) in [6, 6.07) is 0.857. The molecule has 3 aliphatic carbocycles. The highest BCUT2D eigenvalue weighted by molar-refractivity contribution is 5.08. The predicted molar refractivity (Wildman–Crippen MR) is 72.9 cm³/mol. The van der Waals surface area contributed by atoms with Gasteiger partial charge in [0.05, 0.1) is 0 Å². The molecule has 0 aromatic heterocycles. The van der Waals surface area contributed by atoms with E-state index in [0.717, 1.165) is 35.6 Å². The SMILES string of the molecule is CCC1CCCCC1C(NC)C1C2CCCC21. The van der Waals surface area contributed by atoms with E-state index in [2.05, 4.69) is 19.3 Å². The van der Waals surface area contributed by atoms with Gasteiger partial charge >= 0.3 is 0 Å². The van der Waals surface area contributed by atoms with Crippen LogP contribution in [0.3, 0.4) is 0 Å². The van der Waals surface area contributed by atoms with Crippen molar-refractivity contribution < 1.29 is 0 Å². The second-order valence-electron chi connectivity index (χ2n) is 6.77. The zero-order valence-corrected chi connectivity index (χ0v) is 11.6. The lowest BCUT2D eigenvalue weighted by atomic mass is 9.72. The molecule has 0 aliphatic heterocycles. The summed E-state index contributed by atoms with van der Waals surface area (Å²) >= 11 is 0. The van der Waals surface area contributed by atoms with Gasteiger partial charge in [-0.3, -0.25) is 0 Å². The molecular weight excluding hydrogens is 206 g/mol. The minimum absolute atomic E-state index is 0.857. The van der Waals surface area contributed by atoms with Gasteiger partial charge in [0.25, 0.3) is 0 Å². The zero-order valence-electron chi connectivity index (χ0n) is 11.6. The molecule has 0 heterocycles. The van der Waals surface area contributed by atoms with Crippen molar-refractivity contribution in [1.82, 2.24) is 5.32 Å². The van der Waals surface area contributed by atoms with E-state index in [9.17, 15) is 0 Å². The molecule has 0 bridgehead atoms. The summed E-state index contributed by atoms with van der Waals surface area (Å²) in [5, 5.41) is 3.73. The maximum atomic E-state index is 3.73. The van der Waals surface area contributed by atoms with Crippen molar-refractivity contribution in [3.05, 3.63) is 0 Å². The summed E-state index contributed by atoms with van der Waals surface area (Å²) in [5.74, 6) is 5.31. The Labute approximate surface area is 107 Å². The fourth-order valence-corrected chi connectivity index (χ4v) is 5.32. The fourth-order valence-electron chi connectivity index (χ4n) is 5.32. The van der Waals surface area contributed by atoms with E-state index in [1.807, 2.05) is 0 Å². The highest BCUT2D eigenvalue weighted by Gasteiger charge is 2.57. The smallest absolute Gasteiger partial charge is 0.0129 e. The monoisotopic (exact) mass is 235 g/mol. The number of nitrogens with one attached hydrogen (secondary N) is 1. The molecule has 0 radical (unpaired) electrons. The Bertz CT molecular complexity index is 252. The van der Waals surface area contributed by atoms with Crippen LogP contribution in [-0.4, -0.2) is 13.1 Å². The summed E-state index contributed by atoms with van der Waals surface area (Å²) in [6.07, 6.45) is 12.0. The quantitative estimate of drug-likeness (QED) is 0.781. The van der Waals surface area contributed by atoms with Gasteiger partial charge in [-0.15, -0.1) is 0 Å². The van der Waals surface area contributed by atoms with E-state index >= 15 is 0 Å². The molecule has 5 atom stereocenters. The lowest BCUT2D eigenvalue weighted by molar-refractivity contribution is 0.158. The minimum Gasteiger partial charge on any atom is -0.316 e. The molecular formula is C16H29N. The highest BCUT2D eigenvalue weighted by atomic mass is 14.9. The summed E-state index contributed by atoms with van der Waals surface area (Å²) in [5.41, 5.74) is 0. The number of rotatable bonds is 4. The first-order valence-electron chi connectivity index (χ1n) is 8.04. The van der Waals surface area contributed by atoms with Gasteiger partial charge in [0.1, 0.15) is 0 Å². The second kappa shape index (κ2) is 4.91. The van der Waals surface area contributed by atoms with Crippen LogP contribution < -0.4 is 5.32 Å². The van der Waals surface area contributed by atoms with Crippen LogP contribution in [0.2, 0.25) is 0 Å². The Balaban J connectivity index is 1.67. The van der Waals surface area contributed by atoms with Gasteiger partial charge < -0.3 is 5.32 Å². The van der Waals surface area contributed by atoms with Gasteiger partial charge in [-0.25, -0.2) is 0 Å².